The third-order valence-electron chi connectivity index (χ3n) is 5.23. The molecule has 0 bridgehead atoms. The Balaban J connectivity index is 1.53. The largest absolute Gasteiger partial charge is 0.444 e. The summed E-state index contributed by atoms with van der Waals surface area (Å²) in [4.78, 5) is 40.2. The average molecular weight is 625 g/mol. The van der Waals surface area contributed by atoms with Gasteiger partial charge >= 0.3 is 6.09 Å². The van der Waals surface area contributed by atoms with E-state index in [2.05, 4.69) is 26.3 Å². The van der Waals surface area contributed by atoms with Crippen LogP contribution in [0.1, 0.15) is 43.7 Å². The van der Waals surface area contributed by atoms with Crippen molar-refractivity contribution >= 4 is 50.8 Å². The maximum atomic E-state index is 12.8. The van der Waals surface area contributed by atoms with Crippen molar-refractivity contribution in [3.8, 4) is 0 Å². The summed E-state index contributed by atoms with van der Waals surface area (Å²) in [5.74, 6) is -0.705. The number of amides is 3. The third-order valence-corrected chi connectivity index (χ3v) is 6.14. The predicted octanol–water partition coefficient (Wildman–Crippen LogP) is 3.25. The van der Waals surface area contributed by atoms with Crippen molar-refractivity contribution in [2.75, 3.05) is 87.6 Å². The number of thiazole rings is 1. The number of benzene rings is 1. The number of nitrogens with one attached hydrogen (secondary N) is 4. The first-order chi connectivity index (χ1) is 20.4. The van der Waals surface area contributed by atoms with E-state index in [0.29, 0.717) is 93.0 Å². The number of nitrogens with zero attached hydrogens (tertiary/aromatic N) is 1. The van der Waals surface area contributed by atoms with Gasteiger partial charge < -0.3 is 45.4 Å². The highest BCUT2D eigenvalue weighted by Crippen LogP contribution is 2.27. The molecule has 0 radical (unpaired) electrons. The molecular formula is C28H44N6O8S. The molecule has 0 saturated carbocycles. The zero-order chi connectivity index (χ0) is 31.7. The smallest absolute Gasteiger partial charge is 0.407 e. The van der Waals surface area contributed by atoms with Gasteiger partial charge in [-0.05, 0) is 45.9 Å². The fourth-order valence-electron chi connectivity index (χ4n) is 3.34. The number of nitrogen functional groups attached to an aromatic ring is 1. The van der Waals surface area contributed by atoms with E-state index in [1.54, 1.807) is 45.9 Å². The molecule has 2 rings (SSSR count). The molecule has 3 amide bonds. The van der Waals surface area contributed by atoms with Crippen LogP contribution in [0.15, 0.2) is 18.2 Å². The minimum Gasteiger partial charge on any atom is -0.444 e. The number of aromatic nitrogens is 1. The molecule has 43 heavy (non-hydrogen) atoms. The number of ether oxygens (including phenoxy) is 5. The first-order valence-electron chi connectivity index (χ1n) is 13.9. The first kappa shape index (κ1) is 35.7. The number of nitrogens with two attached hydrogens (primary N) is 1. The molecule has 1 aromatic carbocycles. The average Bonchev–Trinajstić information content (AvgIpc) is 3.23. The number of carbonyl (C=O) groups excluding carboxylic acids is 3. The standard InChI is InChI=1S/C28H44N6O8S/c1-19-24(29)43-26(32-19)34-25(36)22-7-6-21(18-23(22)33-20(2)35)30-8-10-38-12-14-40-16-17-41-15-13-39-11-9-31-27(37)42-28(3,4)5/h6-7,18,30H,8-17,29H2,1-5H3,(H,31,37)(H,33,35)(H,32,34,36). The molecule has 240 valence electrons. The second kappa shape index (κ2) is 18.9. The normalized spacial score (nSPS) is 11.2. The molecule has 0 aliphatic heterocycles. The summed E-state index contributed by atoms with van der Waals surface area (Å²) in [5, 5.41) is 12.2. The Morgan fingerprint density at radius 2 is 1.47 bits per heavy atom. The maximum Gasteiger partial charge on any atom is 0.407 e. The highest BCUT2D eigenvalue weighted by Gasteiger charge is 2.17. The monoisotopic (exact) mass is 624 g/mol. The number of hydrogen-bond acceptors (Lipinski definition) is 12. The van der Waals surface area contributed by atoms with Gasteiger partial charge in [0.25, 0.3) is 5.91 Å². The lowest BCUT2D eigenvalue weighted by Crippen LogP contribution is -2.34. The molecule has 0 atom stereocenters. The van der Waals surface area contributed by atoms with Gasteiger partial charge in [0.05, 0.1) is 69.8 Å². The lowest BCUT2D eigenvalue weighted by molar-refractivity contribution is -0.114. The van der Waals surface area contributed by atoms with Crippen LogP contribution in [-0.2, 0) is 28.5 Å². The number of carbonyl (C=O) groups is 3. The van der Waals surface area contributed by atoms with Crippen LogP contribution < -0.4 is 27.0 Å². The number of aryl methyl sites for hydroxylation is 1. The molecule has 15 heteroatoms. The Kier molecular flexibility index (Phi) is 15.7. The molecule has 2 aromatic rings. The number of hydrogen-bond donors (Lipinski definition) is 5. The van der Waals surface area contributed by atoms with Crippen molar-refractivity contribution in [1.29, 1.82) is 0 Å². The van der Waals surface area contributed by atoms with Gasteiger partial charge in [0.2, 0.25) is 5.91 Å². The van der Waals surface area contributed by atoms with Crippen molar-refractivity contribution in [3.05, 3.63) is 29.5 Å². The Morgan fingerprint density at radius 3 is 2.00 bits per heavy atom. The first-order valence-corrected chi connectivity index (χ1v) is 14.7. The zero-order valence-corrected chi connectivity index (χ0v) is 26.3. The van der Waals surface area contributed by atoms with Crippen molar-refractivity contribution in [2.24, 2.45) is 0 Å². The number of rotatable bonds is 19. The number of alkyl carbamates (subject to hydrolysis) is 1. The van der Waals surface area contributed by atoms with E-state index in [9.17, 15) is 14.4 Å². The van der Waals surface area contributed by atoms with Gasteiger partial charge in [-0.25, -0.2) is 9.78 Å². The molecule has 0 aliphatic rings. The molecule has 0 aliphatic carbocycles. The van der Waals surface area contributed by atoms with Crippen LogP contribution in [0.5, 0.6) is 0 Å². The van der Waals surface area contributed by atoms with Crippen molar-refractivity contribution in [2.45, 2.75) is 40.2 Å². The second-order valence-electron chi connectivity index (χ2n) is 10.2. The van der Waals surface area contributed by atoms with E-state index in [1.807, 2.05) is 0 Å². The lowest BCUT2D eigenvalue weighted by atomic mass is 10.1. The SMILES string of the molecule is CC(=O)Nc1cc(NCCOCCOCCOCCOCCNC(=O)OC(C)(C)C)ccc1C(=O)Nc1nc(C)c(N)s1. The van der Waals surface area contributed by atoms with Crippen LogP contribution in [0.2, 0.25) is 0 Å². The number of anilines is 4. The van der Waals surface area contributed by atoms with Crippen molar-refractivity contribution in [3.63, 3.8) is 0 Å². The van der Waals surface area contributed by atoms with Crippen LogP contribution in [0.4, 0.5) is 26.3 Å². The van der Waals surface area contributed by atoms with E-state index >= 15 is 0 Å². The van der Waals surface area contributed by atoms with Gasteiger partial charge in [0.15, 0.2) is 5.13 Å². The Labute approximate surface area is 256 Å². The minimum atomic E-state index is -0.527. The summed E-state index contributed by atoms with van der Waals surface area (Å²) in [7, 11) is 0. The van der Waals surface area contributed by atoms with Crippen molar-refractivity contribution in [1.82, 2.24) is 10.3 Å². The second-order valence-corrected chi connectivity index (χ2v) is 11.2. The summed E-state index contributed by atoms with van der Waals surface area (Å²) in [6.07, 6.45) is -0.468. The Morgan fingerprint density at radius 1 is 0.884 bits per heavy atom. The molecule has 0 fully saturated rings. The fraction of sp³-hybridized carbons (Fsp3) is 0.571. The fourth-order valence-corrected chi connectivity index (χ4v) is 4.07. The summed E-state index contributed by atoms with van der Waals surface area (Å²) >= 11 is 1.18. The van der Waals surface area contributed by atoms with Gasteiger partial charge in [0.1, 0.15) is 10.6 Å². The summed E-state index contributed by atoms with van der Waals surface area (Å²) < 4.78 is 27.0. The van der Waals surface area contributed by atoms with Gasteiger partial charge in [-0.1, -0.05) is 11.3 Å². The lowest BCUT2D eigenvalue weighted by Gasteiger charge is -2.19. The van der Waals surface area contributed by atoms with Crippen LogP contribution in [0, 0.1) is 6.92 Å². The molecular weight excluding hydrogens is 580 g/mol. The highest BCUT2D eigenvalue weighted by atomic mass is 32.1. The van der Waals surface area contributed by atoms with Crippen LogP contribution in [0.25, 0.3) is 0 Å². The summed E-state index contributed by atoms with van der Waals surface area (Å²) in [6.45, 7) is 12.8. The highest BCUT2D eigenvalue weighted by molar-refractivity contribution is 7.19. The van der Waals surface area contributed by atoms with Gasteiger partial charge in [-0.2, -0.15) is 0 Å². The molecule has 0 saturated heterocycles. The van der Waals surface area contributed by atoms with Crippen LogP contribution in [-0.4, -0.2) is 94.4 Å². The third kappa shape index (κ3) is 15.5. The molecule has 1 aromatic heterocycles. The Hall–Kier alpha value is -3.50. The van der Waals surface area contributed by atoms with Gasteiger partial charge in [-0.3, -0.25) is 14.9 Å². The minimum absolute atomic E-state index is 0.296. The molecule has 14 nitrogen and oxygen atoms in total. The molecule has 6 N–H and O–H groups in total. The maximum absolute atomic E-state index is 12.8. The van der Waals surface area contributed by atoms with Crippen molar-refractivity contribution < 1.29 is 38.1 Å². The van der Waals surface area contributed by atoms with E-state index in [0.717, 1.165) is 5.69 Å². The van der Waals surface area contributed by atoms with E-state index in [-0.39, 0.29) is 5.91 Å². The van der Waals surface area contributed by atoms with E-state index in [4.69, 9.17) is 29.4 Å². The van der Waals surface area contributed by atoms with Crippen LogP contribution in [0.3, 0.4) is 0 Å². The Bertz CT molecular complexity index is 1150. The quantitative estimate of drug-likeness (QED) is 0.145. The topological polar surface area (TPSA) is 184 Å². The molecule has 1 heterocycles. The summed E-state index contributed by atoms with van der Waals surface area (Å²) in [5.41, 5.74) is 7.32. The summed E-state index contributed by atoms with van der Waals surface area (Å²) in [6, 6.07) is 5.06. The van der Waals surface area contributed by atoms with E-state index in [1.165, 1.54) is 18.3 Å². The van der Waals surface area contributed by atoms with E-state index < -0.39 is 17.6 Å². The zero-order valence-electron chi connectivity index (χ0n) is 25.5. The molecule has 0 unspecified atom stereocenters. The van der Waals surface area contributed by atoms with Gasteiger partial charge in [0, 0.05) is 25.7 Å². The predicted molar refractivity (Wildman–Crippen MR) is 166 cm³/mol. The van der Waals surface area contributed by atoms with Crippen LogP contribution >= 0.6 is 11.3 Å². The van der Waals surface area contributed by atoms with Gasteiger partial charge in [-0.15, -0.1) is 0 Å². The molecule has 0 spiro atoms.